The third-order valence-electron chi connectivity index (χ3n) is 3.08. The summed E-state index contributed by atoms with van der Waals surface area (Å²) in [5, 5.41) is 7.33. The normalized spacial score (nSPS) is 19.6. The number of nitrogens with one attached hydrogen (secondary N) is 1. The van der Waals surface area contributed by atoms with E-state index in [0.29, 0.717) is 18.3 Å². The molecule has 6 heteroatoms. The number of aryl methyl sites for hydroxylation is 1. The first-order valence-electron chi connectivity index (χ1n) is 6.15. The molecule has 1 aromatic carbocycles. The van der Waals surface area contributed by atoms with Gasteiger partial charge in [0.25, 0.3) is 5.89 Å². The van der Waals surface area contributed by atoms with Gasteiger partial charge in [-0.25, -0.2) is 0 Å². The van der Waals surface area contributed by atoms with Gasteiger partial charge in [0.05, 0.1) is 19.3 Å². The molecule has 1 aliphatic rings. The Labute approximate surface area is 119 Å². The molecule has 1 fully saturated rings. The van der Waals surface area contributed by atoms with Crippen LogP contribution >= 0.6 is 15.9 Å². The van der Waals surface area contributed by atoms with E-state index in [-0.39, 0.29) is 6.04 Å². The van der Waals surface area contributed by atoms with Gasteiger partial charge >= 0.3 is 0 Å². The Balaban J connectivity index is 1.85. The van der Waals surface area contributed by atoms with Gasteiger partial charge in [0, 0.05) is 16.6 Å². The lowest BCUT2D eigenvalue weighted by Crippen LogP contribution is -2.35. The van der Waals surface area contributed by atoms with Crippen LogP contribution < -0.4 is 5.32 Å². The van der Waals surface area contributed by atoms with E-state index >= 15 is 0 Å². The van der Waals surface area contributed by atoms with Gasteiger partial charge in [-0.3, -0.25) is 0 Å². The number of nitrogens with zero attached hydrogens (tertiary/aromatic N) is 2. The fourth-order valence-corrected chi connectivity index (χ4v) is 2.25. The highest BCUT2D eigenvalue weighted by Crippen LogP contribution is 2.25. The lowest BCUT2D eigenvalue weighted by Gasteiger charge is -2.20. The van der Waals surface area contributed by atoms with Crippen LogP contribution in [0.25, 0.3) is 11.5 Å². The number of hydrogen-bond acceptors (Lipinski definition) is 5. The number of aromatic nitrogens is 2. The Bertz CT molecular complexity index is 579. The van der Waals surface area contributed by atoms with Crippen molar-refractivity contribution in [3.05, 3.63) is 34.1 Å². The molecule has 100 valence electrons. The van der Waals surface area contributed by atoms with Crippen molar-refractivity contribution in [2.45, 2.75) is 13.0 Å². The Morgan fingerprint density at radius 3 is 3.05 bits per heavy atom. The topological polar surface area (TPSA) is 60.2 Å². The zero-order chi connectivity index (χ0) is 13.2. The molecule has 19 heavy (non-hydrogen) atoms. The van der Waals surface area contributed by atoms with Crippen LogP contribution in [-0.2, 0) is 4.74 Å². The molecule has 0 aliphatic carbocycles. The molecule has 2 aromatic rings. The molecule has 5 nitrogen and oxygen atoms in total. The second kappa shape index (κ2) is 5.40. The van der Waals surface area contributed by atoms with E-state index in [1.165, 1.54) is 0 Å². The Morgan fingerprint density at radius 2 is 2.32 bits per heavy atom. The van der Waals surface area contributed by atoms with Crippen LogP contribution in [0.5, 0.6) is 0 Å². The summed E-state index contributed by atoms with van der Waals surface area (Å²) >= 11 is 3.48. The molecule has 1 atom stereocenters. The van der Waals surface area contributed by atoms with E-state index in [1.807, 2.05) is 25.1 Å². The van der Waals surface area contributed by atoms with Crippen LogP contribution in [0.15, 0.2) is 27.2 Å². The molecule has 2 heterocycles. The van der Waals surface area contributed by atoms with Crippen molar-refractivity contribution < 1.29 is 9.26 Å². The molecule has 0 amide bonds. The highest BCUT2D eigenvalue weighted by atomic mass is 79.9. The second-order valence-corrected chi connectivity index (χ2v) is 5.36. The van der Waals surface area contributed by atoms with Gasteiger partial charge in [-0.1, -0.05) is 21.1 Å². The lowest BCUT2D eigenvalue weighted by atomic mass is 10.1. The second-order valence-electron chi connectivity index (χ2n) is 4.50. The Hall–Kier alpha value is -1.24. The van der Waals surface area contributed by atoms with E-state index < -0.39 is 0 Å². The average Bonchev–Trinajstić information content (AvgIpc) is 2.93. The molecule has 0 bridgehead atoms. The zero-order valence-electron chi connectivity index (χ0n) is 10.5. The number of ether oxygens (including phenoxy) is 1. The van der Waals surface area contributed by atoms with E-state index in [2.05, 4.69) is 31.4 Å². The quantitative estimate of drug-likeness (QED) is 0.920. The van der Waals surface area contributed by atoms with Gasteiger partial charge in [0.1, 0.15) is 0 Å². The summed E-state index contributed by atoms with van der Waals surface area (Å²) in [4.78, 5) is 4.44. The average molecular weight is 324 g/mol. The summed E-state index contributed by atoms with van der Waals surface area (Å²) in [6, 6.07) is 5.98. The van der Waals surface area contributed by atoms with Gasteiger partial charge in [-0.05, 0) is 30.7 Å². The summed E-state index contributed by atoms with van der Waals surface area (Å²) in [5.41, 5.74) is 2.06. The van der Waals surface area contributed by atoms with Crippen LogP contribution in [0.3, 0.4) is 0 Å². The molecule has 0 radical (unpaired) electrons. The molecule has 1 aromatic heterocycles. The molecule has 1 aliphatic heterocycles. The summed E-state index contributed by atoms with van der Waals surface area (Å²) in [6.45, 7) is 4.15. The van der Waals surface area contributed by atoms with E-state index in [1.54, 1.807) is 0 Å². The Morgan fingerprint density at radius 1 is 1.42 bits per heavy atom. The smallest absolute Gasteiger partial charge is 0.257 e. The highest BCUT2D eigenvalue weighted by Gasteiger charge is 2.21. The number of morpholine rings is 1. The van der Waals surface area contributed by atoms with Crippen molar-refractivity contribution in [2.24, 2.45) is 0 Å². The molecule has 1 N–H and O–H groups in total. The molecular weight excluding hydrogens is 310 g/mol. The maximum Gasteiger partial charge on any atom is 0.257 e. The van der Waals surface area contributed by atoms with Crippen molar-refractivity contribution in [2.75, 3.05) is 19.8 Å². The molecular formula is C13H14BrN3O2. The number of hydrogen-bond donors (Lipinski definition) is 1. The highest BCUT2D eigenvalue weighted by molar-refractivity contribution is 9.10. The standard InChI is InChI=1S/C13H14BrN3O2/c1-8-6-9(2-3-10(8)14)13-16-12(17-19-13)11-7-18-5-4-15-11/h2-3,6,11,15H,4-5,7H2,1H3. The minimum absolute atomic E-state index is 0.0165. The third-order valence-corrected chi connectivity index (χ3v) is 3.97. The summed E-state index contributed by atoms with van der Waals surface area (Å²) in [6.07, 6.45) is 0. The van der Waals surface area contributed by atoms with Gasteiger partial charge in [-0.15, -0.1) is 0 Å². The molecule has 0 spiro atoms. The van der Waals surface area contributed by atoms with E-state index in [9.17, 15) is 0 Å². The van der Waals surface area contributed by atoms with Crippen LogP contribution in [-0.4, -0.2) is 29.9 Å². The van der Waals surface area contributed by atoms with E-state index in [4.69, 9.17) is 9.26 Å². The maximum absolute atomic E-state index is 5.40. The zero-order valence-corrected chi connectivity index (χ0v) is 12.1. The summed E-state index contributed by atoms with van der Waals surface area (Å²) in [7, 11) is 0. The van der Waals surface area contributed by atoms with E-state index in [0.717, 1.165) is 28.8 Å². The number of benzene rings is 1. The molecule has 1 unspecified atom stereocenters. The van der Waals surface area contributed by atoms with Crippen LogP contribution in [0.2, 0.25) is 0 Å². The fourth-order valence-electron chi connectivity index (χ4n) is 2.00. The van der Waals surface area contributed by atoms with Crippen molar-refractivity contribution in [1.29, 1.82) is 0 Å². The van der Waals surface area contributed by atoms with Gasteiger partial charge < -0.3 is 14.6 Å². The van der Waals surface area contributed by atoms with Gasteiger partial charge in [0.2, 0.25) is 0 Å². The molecule has 3 rings (SSSR count). The molecule has 0 saturated carbocycles. The van der Waals surface area contributed by atoms with Gasteiger partial charge in [-0.2, -0.15) is 4.98 Å². The third kappa shape index (κ3) is 2.70. The van der Waals surface area contributed by atoms with Crippen molar-refractivity contribution in [1.82, 2.24) is 15.5 Å². The Kier molecular flexibility index (Phi) is 3.63. The number of rotatable bonds is 2. The first-order valence-corrected chi connectivity index (χ1v) is 6.94. The monoisotopic (exact) mass is 323 g/mol. The van der Waals surface area contributed by atoms with Gasteiger partial charge in [0.15, 0.2) is 5.82 Å². The predicted molar refractivity (Wildman–Crippen MR) is 73.7 cm³/mol. The number of halogens is 1. The minimum Gasteiger partial charge on any atom is -0.378 e. The van der Waals surface area contributed by atoms with Crippen molar-refractivity contribution in [3.63, 3.8) is 0 Å². The summed E-state index contributed by atoms with van der Waals surface area (Å²) in [5.74, 6) is 1.19. The predicted octanol–water partition coefficient (Wildman–Crippen LogP) is 2.47. The van der Waals surface area contributed by atoms with Crippen LogP contribution in [0, 0.1) is 6.92 Å². The molecule has 1 saturated heterocycles. The van der Waals surface area contributed by atoms with Crippen molar-refractivity contribution >= 4 is 15.9 Å². The van der Waals surface area contributed by atoms with Crippen LogP contribution in [0.1, 0.15) is 17.4 Å². The SMILES string of the molecule is Cc1cc(-c2nc(C3COCCN3)no2)ccc1Br. The van der Waals surface area contributed by atoms with Crippen LogP contribution in [0.4, 0.5) is 0 Å². The first kappa shape index (κ1) is 12.8. The van der Waals surface area contributed by atoms with Crippen molar-refractivity contribution in [3.8, 4) is 11.5 Å². The fraction of sp³-hybridized carbons (Fsp3) is 0.385. The first-order chi connectivity index (χ1) is 9.24. The summed E-state index contributed by atoms with van der Waals surface area (Å²) < 4.78 is 11.8. The largest absolute Gasteiger partial charge is 0.378 e. The minimum atomic E-state index is 0.0165. The maximum atomic E-state index is 5.40. The lowest BCUT2D eigenvalue weighted by molar-refractivity contribution is 0.0734.